The topological polar surface area (TPSA) is 105 Å². The lowest BCUT2D eigenvalue weighted by Gasteiger charge is -2.20. The lowest BCUT2D eigenvalue weighted by molar-refractivity contribution is -0.140. The molecule has 3 N–H and O–H groups in total. The summed E-state index contributed by atoms with van der Waals surface area (Å²) in [5.74, 6) is -1.90. The van der Waals surface area contributed by atoms with Crippen LogP contribution in [-0.2, 0) is 14.3 Å². The Bertz CT molecular complexity index is 292. The van der Waals surface area contributed by atoms with Crippen molar-refractivity contribution in [2.75, 3.05) is 13.7 Å². The largest absolute Gasteiger partial charge is 0.480 e. The maximum Gasteiger partial charge on any atom is 0.326 e. The second-order valence-corrected chi connectivity index (χ2v) is 3.60. The highest BCUT2D eigenvalue weighted by Crippen LogP contribution is 2.07. The average Bonchev–Trinajstić information content (AvgIpc) is 2.31. The SMILES string of the molecule is CC[C@H](C)[C@H](NC(=O)NCC(=O)OC)C(=O)O. The van der Waals surface area contributed by atoms with Crippen LogP contribution < -0.4 is 10.6 Å². The molecule has 0 aromatic rings. The fourth-order valence-corrected chi connectivity index (χ4v) is 1.10. The smallest absolute Gasteiger partial charge is 0.326 e. The van der Waals surface area contributed by atoms with Crippen molar-refractivity contribution in [2.45, 2.75) is 26.3 Å². The molecule has 0 aliphatic heterocycles. The molecular weight excluding hydrogens is 228 g/mol. The van der Waals surface area contributed by atoms with Crippen LogP contribution in [0.1, 0.15) is 20.3 Å². The number of aliphatic carboxylic acids is 1. The van der Waals surface area contributed by atoms with E-state index < -0.39 is 24.0 Å². The molecule has 0 saturated heterocycles. The molecule has 0 fully saturated rings. The number of carboxylic acids is 1. The van der Waals surface area contributed by atoms with Crippen molar-refractivity contribution >= 4 is 18.0 Å². The number of carboxylic acid groups (broad SMARTS) is 1. The molecule has 0 rings (SSSR count). The van der Waals surface area contributed by atoms with Crippen molar-refractivity contribution in [3.05, 3.63) is 0 Å². The van der Waals surface area contributed by atoms with Crippen molar-refractivity contribution < 1.29 is 24.2 Å². The van der Waals surface area contributed by atoms with E-state index in [4.69, 9.17) is 5.11 Å². The molecule has 0 radical (unpaired) electrons. The highest BCUT2D eigenvalue weighted by molar-refractivity contribution is 5.85. The average molecular weight is 246 g/mol. The fourth-order valence-electron chi connectivity index (χ4n) is 1.10. The van der Waals surface area contributed by atoms with Crippen molar-refractivity contribution in [2.24, 2.45) is 5.92 Å². The van der Waals surface area contributed by atoms with Crippen molar-refractivity contribution in [1.82, 2.24) is 10.6 Å². The van der Waals surface area contributed by atoms with E-state index in [0.717, 1.165) is 0 Å². The molecular formula is C10H18N2O5. The summed E-state index contributed by atoms with van der Waals surface area (Å²) in [6.45, 7) is 3.25. The Kier molecular flexibility index (Phi) is 6.69. The first kappa shape index (κ1) is 15.2. The number of nitrogens with one attached hydrogen (secondary N) is 2. The Balaban J connectivity index is 4.22. The molecule has 0 aromatic heterocycles. The van der Waals surface area contributed by atoms with Crippen LogP contribution in [0.3, 0.4) is 0 Å². The zero-order valence-corrected chi connectivity index (χ0v) is 10.1. The van der Waals surface area contributed by atoms with Gasteiger partial charge in [0.05, 0.1) is 7.11 Å². The van der Waals surface area contributed by atoms with Crippen LogP contribution in [0.25, 0.3) is 0 Å². The van der Waals surface area contributed by atoms with Crippen molar-refractivity contribution in [1.29, 1.82) is 0 Å². The van der Waals surface area contributed by atoms with Crippen LogP contribution in [-0.4, -0.2) is 42.8 Å². The van der Waals surface area contributed by atoms with Gasteiger partial charge in [-0.15, -0.1) is 0 Å². The number of carbonyl (C=O) groups is 3. The van der Waals surface area contributed by atoms with Gasteiger partial charge in [-0.25, -0.2) is 9.59 Å². The lowest BCUT2D eigenvalue weighted by Crippen LogP contribution is -2.50. The number of hydrogen-bond donors (Lipinski definition) is 3. The highest BCUT2D eigenvalue weighted by atomic mass is 16.5. The van der Waals surface area contributed by atoms with Gasteiger partial charge in [0.25, 0.3) is 0 Å². The van der Waals surface area contributed by atoms with E-state index in [-0.39, 0.29) is 12.5 Å². The number of esters is 1. The van der Waals surface area contributed by atoms with Gasteiger partial charge in [0.2, 0.25) is 0 Å². The van der Waals surface area contributed by atoms with Crippen LogP contribution in [0, 0.1) is 5.92 Å². The van der Waals surface area contributed by atoms with Crippen LogP contribution in [0.5, 0.6) is 0 Å². The van der Waals surface area contributed by atoms with Crippen molar-refractivity contribution in [3.8, 4) is 0 Å². The molecule has 0 spiro atoms. The summed E-state index contributed by atoms with van der Waals surface area (Å²) < 4.78 is 4.32. The monoisotopic (exact) mass is 246 g/mol. The minimum atomic E-state index is -1.10. The van der Waals surface area contributed by atoms with Gasteiger partial charge in [-0.3, -0.25) is 4.79 Å². The van der Waals surface area contributed by atoms with Gasteiger partial charge in [0, 0.05) is 0 Å². The van der Waals surface area contributed by atoms with E-state index in [1.807, 2.05) is 6.92 Å². The number of hydrogen-bond acceptors (Lipinski definition) is 4. The Labute approximate surface area is 99.5 Å². The Morgan fingerprint density at radius 3 is 2.35 bits per heavy atom. The first-order valence-corrected chi connectivity index (χ1v) is 5.26. The van der Waals surface area contributed by atoms with Gasteiger partial charge < -0.3 is 20.5 Å². The molecule has 98 valence electrons. The summed E-state index contributed by atoms with van der Waals surface area (Å²) in [5.41, 5.74) is 0. The molecule has 0 unspecified atom stereocenters. The number of urea groups is 1. The number of rotatable bonds is 6. The van der Waals surface area contributed by atoms with Gasteiger partial charge in [-0.2, -0.15) is 0 Å². The highest BCUT2D eigenvalue weighted by Gasteiger charge is 2.25. The van der Waals surface area contributed by atoms with Crippen LogP contribution in [0.2, 0.25) is 0 Å². The third kappa shape index (κ3) is 5.74. The van der Waals surface area contributed by atoms with E-state index in [2.05, 4.69) is 15.4 Å². The quantitative estimate of drug-likeness (QED) is 0.570. The number of amides is 2. The standard InChI is InChI=1S/C10H18N2O5/c1-4-6(2)8(9(14)15)12-10(16)11-5-7(13)17-3/h6,8H,4-5H2,1-3H3,(H,14,15)(H2,11,12,16)/t6-,8-/m0/s1. The molecule has 0 aliphatic carbocycles. The number of ether oxygens (including phenoxy) is 1. The first-order valence-electron chi connectivity index (χ1n) is 5.26. The molecule has 0 bridgehead atoms. The second kappa shape index (κ2) is 7.48. The van der Waals surface area contributed by atoms with Gasteiger partial charge in [-0.05, 0) is 5.92 Å². The maximum absolute atomic E-state index is 11.3. The Hall–Kier alpha value is -1.79. The number of methoxy groups -OCH3 is 1. The summed E-state index contributed by atoms with van der Waals surface area (Å²) >= 11 is 0. The van der Waals surface area contributed by atoms with Gasteiger partial charge in [0.1, 0.15) is 12.6 Å². The molecule has 2 amide bonds. The minimum absolute atomic E-state index is 0.198. The molecule has 2 atom stereocenters. The van der Waals surface area contributed by atoms with E-state index in [9.17, 15) is 14.4 Å². The zero-order valence-electron chi connectivity index (χ0n) is 10.1. The van der Waals surface area contributed by atoms with Gasteiger partial charge in [-0.1, -0.05) is 20.3 Å². The molecule has 7 nitrogen and oxygen atoms in total. The van der Waals surface area contributed by atoms with Gasteiger partial charge >= 0.3 is 18.0 Å². The van der Waals surface area contributed by atoms with E-state index in [1.165, 1.54) is 7.11 Å². The van der Waals surface area contributed by atoms with E-state index in [0.29, 0.717) is 6.42 Å². The Morgan fingerprint density at radius 2 is 1.94 bits per heavy atom. The summed E-state index contributed by atoms with van der Waals surface area (Å²) in [4.78, 5) is 32.9. The summed E-state index contributed by atoms with van der Waals surface area (Å²) in [6, 6.07) is -1.68. The summed E-state index contributed by atoms with van der Waals surface area (Å²) in [7, 11) is 1.20. The first-order chi connectivity index (χ1) is 7.92. The predicted octanol–water partition coefficient (Wildman–Crippen LogP) is -0.0421. The summed E-state index contributed by atoms with van der Waals surface area (Å²) in [6.07, 6.45) is 0.619. The van der Waals surface area contributed by atoms with Crippen LogP contribution in [0.4, 0.5) is 4.79 Å². The third-order valence-electron chi connectivity index (χ3n) is 2.39. The number of carbonyl (C=O) groups excluding carboxylic acids is 2. The molecule has 17 heavy (non-hydrogen) atoms. The maximum atomic E-state index is 11.3. The molecule has 0 aromatic carbocycles. The van der Waals surface area contributed by atoms with Crippen LogP contribution >= 0.6 is 0 Å². The fraction of sp³-hybridized carbons (Fsp3) is 0.700. The van der Waals surface area contributed by atoms with E-state index in [1.54, 1.807) is 6.92 Å². The third-order valence-corrected chi connectivity index (χ3v) is 2.39. The second-order valence-electron chi connectivity index (χ2n) is 3.60. The lowest BCUT2D eigenvalue weighted by atomic mass is 9.99. The summed E-state index contributed by atoms with van der Waals surface area (Å²) in [5, 5.41) is 13.4. The van der Waals surface area contributed by atoms with Crippen molar-refractivity contribution in [3.63, 3.8) is 0 Å². The van der Waals surface area contributed by atoms with E-state index >= 15 is 0 Å². The minimum Gasteiger partial charge on any atom is -0.480 e. The molecule has 7 heteroatoms. The predicted molar refractivity (Wildman–Crippen MR) is 59.4 cm³/mol. The Morgan fingerprint density at radius 1 is 1.35 bits per heavy atom. The molecule has 0 saturated carbocycles. The zero-order chi connectivity index (χ0) is 13.4. The molecule has 0 aliphatic rings. The normalized spacial score (nSPS) is 13.4. The molecule has 0 heterocycles. The van der Waals surface area contributed by atoms with Gasteiger partial charge in [0.15, 0.2) is 0 Å². The van der Waals surface area contributed by atoms with Crippen LogP contribution in [0.15, 0.2) is 0 Å².